The zero-order valence-corrected chi connectivity index (χ0v) is 11.7. The molecule has 96 valence electrons. The van der Waals surface area contributed by atoms with Gasteiger partial charge in [-0.2, -0.15) is 0 Å². The molecule has 1 fully saturated rings. The van der Waals surface area contributed by atoms with Crippen LogP contribution in [0.5, 0.6) is 0 Å². The van der Waals surface area contributed by atoms with Crippen LogP contribution in [0.1, 0.15) is 13.3 Å². The monoisotopic (exact) mass is 314 g/mol. The van der Waals surface area contributed by atoms with Crippen LogP contribution in [0.15, 0.2) is 30.3 Å². The molecule has 0 amide bonds. The Bertz CT molecular complexity index is 432. The van der Waals surface area contributed by atoms with Crippen molar-refractivity contribution in [3.05, 3.63) is 30.3 Å². The summed E-state index contributed by atoms with van der Waals surface area (Å²) in [4.78, 5) is 22.8. The maximum atomic E-state index is 11.5. The summed E-state index contributed by atoms with van der Waals surface area (Å²) in [6.07, 6.45) is -0.959. The SMILES string of the molecule is C[C@@H]1OC(=O)[C@@H](CC[Se]c2ccccc2)OC1=O. The number of hydrogen-bond donors (Lipinski definition) is 0. The van der Waals surface area contributed by atoms with E-state index in [1.54, 1.807) is 0 Å². The first-order valence-electron chi connectivity index (χ1n) is 5.75. The molecule has 0 saturated carbocycles. The van der Waals surface area contributed by atoms with Gasteiger partial charge in [0, 0.05) is 0 Å². The summed E-state index contributed by atoms with van der Waals surface area (Å²) in [5.74, 6) is -0.877. The number of hydrogen-bond acceptors (Lipinski definition) is 4. The Morgan fingerprint density at radius 3 is 2.56 bits per heavy atom. The summed E-state index contributed by atoms with van der Waals surface area (Å²) in [6.45, 7) is 1.52. The van der Waals surface area contributed by atoms with Gasteiger partial charge in [-0.1, -0.05) is 0 Å². The fourth-order valence-corrected chi connectivity index (χ4v) is 3.48. The van der Waals surface area contributed by atoms with Crippen LogP contribution in [0.4, 0.5) is 0 Å². The molecule has 0 N–H and O–H groups in total. The third-order valence-electron chi connectivity index (χ3n) is 2.54. The molecule has 1 heterocycles. The number of cyclic esters (lactones) is 2. The normalized spacial score (nSPS) is 23.4. The molecular formula is C13H14O4Se. The number of rotatable bonds is 4. The summed E-state index contributed by atoms with van der Waals surface area (Å²) >= 11 is 0.289. The van der Waals surface area contributed by atoms with E-state index in [9.17, 15) is 9.59 Å². The number of ether oxygens (including phenoxy) is 2. The van der Waals surface area contributed by atoms with Crippen LogP contribution in [-0.2, 0) is 19.1 Å². The topological polar surface area (TPSA) is 52.6 Å². The van der Waals surface area contributed by atoms with Crippen molar-refractivity contribution in [1.82, 2.24) is 0 Å². The second kappa shape index (κ2) is 6.03. The van der Waals surface area contributed by atoms with Crippen molar-refractivity contribution in [3.8, 4) is 0 Å². The summed E-state index contributed by atoms with van der Waals surface area (Å²) in [5, 5.41) is 0.846. The van der Waals surface area contributed by atoms with Crippen molar-refractivity contribution in [2.45, 2.75) is 30.9 Å². The van der Waals surface area contributed by atoms with E-state index in [0.717, 1.165) is 5.32 Å². The van der Waals surface area contributed by atoms with Crippen LogP contribution in [0.2, 0.25) is 5.32 Å². The molecule has 2 rings (SSSR count). The first-order chi connectivity index (χ1) is 8.66. The van der Waals surface area contributed by atoms with Gasteiger partial charge in [-0.15, -0.1) is 0 Å². The summed E-state index contributed by atoms with van der Waals surface area (Å²) in [6, 6.07) is 10.1. The number of carbonyl (C=O) groups excluding carboxylic acids is 2. The van der Waals surface area contributed by atoms with Gasteiger partial charge in [0.25, 0.3) is 0 Å². The van der Waals surface area contributed by atoms with Crippen molar-refractivity contribution >= 4 is 31.4 Å². The average Bonchev–Trinajstić information content (AvgIpc) is 2.37. The predicted molar refractivity (Wildman–Crippen MR) is 66.7 cm³/mol. The molecule has 5 heteroatoms. The summed E-state index contributed by atoms with van der Waals surface area (Å²) in [5.41, 5.74) is 0. The Morgan fingerprint density at radius 1 is 1.11 bits per heavy atom. The van der Waals surface area contributed by atoms with Gasteiger partial charge in [-0.25, -0.2) is 0 Å². The summed E-state index contributed by atoms with van der Waals surface area (Å²) < 4.78 is 11.2. The molecule has 1 aliphatic heterocycles. The van der Waals surface area contributed by atoms with E-state index in [4.69, 9.17) is 9.47 Å². The molecule has 0 aliphatic carbocycles. The Balaban J connectivity index is 1.80. The summed E-state index contributed by atoms with van der Waals surface area (Å²) in [7, 11) is 0. The van der Waals surface area contributed by atoms with Gasteiger partial charge < -0.3 is 0 Å². The molecule has 0 bridgehead atoms. The molecule has 1 aliphatic rings. The van der Waals surface area contributed by atoms with E-state index in [0.29, 0.717) is 6.42 Å². The maximum absolute atomic E-state index is 11.5. The van der Waals surface area contributed by atoms with Crippen LogP contribution in [0.3, 0.4) is 0 Å². The minimum absolute atomic E-state index is 0.289. The molecule has 2 atom stereocenters. The number of carbonyl (C=O) groups is 2. The molecule has 18 heavy (non-hydrogen) atoms. The van der Waals surface area contributed by atoms with Crippen LogP contribution >= 0.6 is 0 Å². The zero-order chi connectivity index (χ0) is 13.0. The van der Waals surface area contributed by atoms with Gasteiger partial charge in [0.2, 0.25) is 0 Å². The minimum atomic E-state index is -0.770. The Labute approximate surface area is 112 Å². The van der Waals surface area contributed by atoms with E-state index in [1.807, 2.05) is 18.2 Å². The van der Waals surface area contributed by atoms with E-state index in [1.165, 1.54) is 11.4 Å². The van der Waals surface area contributed by atoms with Crippen molar-refractivity contribution < 1.29 is 19.1 Å². The van der Waals surface area contributed by atoms with Crippen LogP contribution < -0.4 is 4.46 Å². The fourth-order valence-electron chi connectivity index (χ4n) is 1.56. The molecule has 1 aromatic rings. The molecule has 1 saturated heterocycles. The molecule has 0 spiro atoms. The molecule has 4 nitrogen and oxygen atoms in total. The Kier molecular flexibility index (Phi) is 4.39. The Hall–Kier alpha value is -1.32. The zero-order valence-electron chi connectivity index (χ0n) is 10.00. The van der Waals surface area contributed by atoms with Crippen molar-refractivity contribution in [3.63, 3.8) is 0 Å². The number of esters is 2. The second-order valence-electron chi connectivity index (χ2n) is 3.95. The van der Waals surface area contributed by atoms with Gasteiger partial charge >= 0.3 is 112 Å². The van der Waals surface area contributed by atoms with Crippen molar-refractivity contribution in [2.24, 2.45) is 0 Å². The van der Waals surface area contributed by atoms with Gasteiger partial charge in [0.1, 0.15) is 0 Å². The first-order valence-corrected chi connectivity index (χ1v) is 7.82. The standard InChI is InChI=1S/C13H14O4Se/c1-9-12(14)17-11(13(15)16-9)7-8-18-10-5-3-2-4-6-10/h2-6,9,11H,7-8H2,1H3/t9-,11+/m0/s1. The van der Waals surface area contributed by atoms with Gasteiger partial charge in [-0.3, -0.25) is 0 Å². The average molecular weight is 313 g/mol. The van der Waals surface area contributed by atoms with Gasteiger partial charge in [0.05, 0.1) is 0 Å². The first kappa shape index (κ1) is 13.1. The van der Waals surface area contributed by atoms with Crippen LogP contribution in [0.25, 0.3) is 0 Å². The second-order valence-corrected chi connectivity index (χ2v) is 6.41. The van der Waals surface area contributed by atoms with Gasteiger partial charge in [0.15, 0.2) is 0 Å². The molecule has 0 aromatic heterocycles. The molecular weight excluding hydrogens is 299 g/mol. The predicted octanol–water partition coefficient (Wildman–Crippen LogP) is 0.682. The molecule has 0 unspecified atom stereocenters. The molecule has 1 aromatic carbocycles. The third kappa shape index (κ3) is 3.34. The molecule has 0 radical (unpaired) electrons. The van der Waals surface area contributed by atoms with E-state index in [2.05, 4.69) is 12.1 Å². The van der Waals surface area contributed by atoms with Crippen LogP contribution in [-0.4, -0.2) is 39.1 Å². The van der Waals surface area contributed by atoms with E-state index < -0.39 is 24.1 Å². The van der Waals surface area contributed by atoms with Crippen molar-refractivity contribution in [1.29, 1.82) is 0 Å². The van der Waals surface area contributed by atoms with E-state index in [-0.39, 0.29) is 15.0 Å². The van der Waals surface area contributed by atoms with Gasteiger partial charge in [-0.05, 0) is 0 Å². The quantitative estimate of drug-likeness (QED) is 0.606. The van der Waals surface area contributed by atoms with Crippen molar-refractivity contribution in [2.75, 3.05) is 0 Å². The fraction of sp³-hybridized carbons (Fsp3) is 0.385. The van der Waals surface area contributed by atoms with E-state index >= 15 is 0 Å². The Morgan fingerprint density at radius 2 is 1.83 bits per heavy atom. The number of benzene rings is 1. The van der Waals surface area contributed by atoms with Crippen LogP contribution in [0, 0.1) is 0 Å². The third-order valence-corrected chi connectivity index (χ3v) is 4.73.